The predicted molar refractivity (Wildman–Crippen MR) is 92.0 cm³/mol. The van der Waals surface area contributed by atoms with Crippen LogP contribution in [0, 0.1) is 5.92 Å². The van der Waals surface area contributed by atoms with Gasteiger partial charge >= 0.3 is 6.18 Å². The summed E-state index contributed by atoms with van der Waals surface area (Å²) in [5.74, 6) is -0.105. The van der Waals surface area contributed by atoms with Crippen LogP contribution in [0.1, 0.15) is 17.8 Å². The Kier molecular flexibility index (Phi) is 4.84. The van der Waals surface area contributed by atoms with Crippen LogP contribution in [0.15, 0.2) is 36.4 Å². The summed E-state index contributed by atoms with van der Waals surface area (Å²) in [5, 5.41) is 0. The van der Waals surface area contributed by atoms with Gasteiger partial charge in [0.1, 0.15) is 5.69 Å². The Morgan fingerprint density at radius 3 is 2.50 bits per heavy atom. The maximum absolute atomic E-state index is 13.1. The van der Waals surface area contributed by atoms with E-state index in [1.165, 1.54) is 4.90 Å². The lowest BCUT2D eigenvalue weighted by molar-refractivity contribution is -0.141. The molecule has 1 aromatic heterocycles. The number of hydrogen-bond acceptors (Lipinski definition) is 4. The lowest BCUT2D eigenvalue weighted by atomic mass is 10.0. The van der Waals surface area contributed by atoms with E-state index in [9.17, 15) is 18.0 Å². The Morgan fingerprint density at radius 1 is 1.19 bits per heavy atom. The highest BCUT2D eigenvalue weighted by atomic mass is 19.4. The minimum Gasteiger partial charge on any atom is -0.347 e. The molecule has 26 heavy (non-hydrogen) atoms. The van der Waals surface area contributed by atoms with Gasteiger partial charge in [-0.1, -0.05) is 18.2 Å². The van der Waals surface area contributed by atoms with Gasteiger partial charge in [0.25, 0.3) is 0 Å². The fraction of sp³-hybridized carbons (Fsp3) is 0.389. The highest BCUT2D eigenvalue weighted by molar-refractivity contribution is 5.95. The summed E-state index contributed by atoms with van der Waals surface area (Å²) in [5.41, 5.74) is 0.131. The lowest BCUT2D eigenvalue weighted by Crippen LogP contribution is -2.24. The molecule has 0 spiro atoms. The van der Waals surface area contributed by atoms with E-state index in [1.54, 1.807) is 19.0 Å². The number of anilines is 2. The molecule has 138 valence electrons. The van der Waals surface area contributed by atoms with Crippen molar-refractivity contribution in [1.82, 2.24) is 9.97 Å². The van der Waals surface area contributed by atoms with Crippen LogP contribution >= 0.6 is 0 Å². The first kappa shape index (κ1) is 18.2. The molecule has 1 amide bonds. The highest BCUT2D eigenvalue weighted by Gasteiger charge is 2.35. The minimum absolute atomic E-state index is 0.0130. The van der Waals surface area contributed by atoms with E-state index in [4.69, 9.17) is 0 Å². The number of aromatic nitrogens is 2. The van der Waals surface area contributed by atoms with Gasteiger partial charge in [-0.2, -0.15) is 13.2 Å². The maximum Gasteiger partial charge on any atom is 0.433 e. The second kappa shape index (κ2) is 6.93. The summed E-state index contributed by atoms with van der Waals surface area (Å²) in [6, 6.07) is 10.2. The van der Waals surface area contributed by atoms with E-state index in [2.05, 4.69) is 9.97 Å². The van der Waals surface area contributed by atoms with Crippen molar-refractivity contribution < 1.29 is 18.0 Å². The summed E-state index contributed by atoms with van der Waals surface area (Å²) < 4.78 is 39.3. The third kappa shape index (κ3) is 3.95. The van der Waals surface area contributed by atoms with Gasteiger partial charge in [0, 0.05) is 38.4 Å². The maximum atomic E-state index is 13.1. The van der Waals surface area contributed by atoms with Crippen LogP contribution in [-0.4, -0.2) is 36.5 Å². The number of nitrogens with zero attached hydrogens (tertiary/aromatic N) is 4. The highest BCUT2D eigenvalue weighted by Crippen LogP contribution is 2.31. The molecule has 5 nitrogen and oxygen atoms in total. The number of alkyl halides is 3. The molecule has 1 aromatic carbocycles. The number of carbonyl (C=O) groups excluding carboxylic acids is 1. The average molecular weight is 364 g/mol. The fourth-order valence-corrected chi connectivity index (χ4v) is 3.00. The molecule has 3 rings (SSSR count). The minimum atomic E-state index is -4.54. The van der Waals surface area contributed by atoms with Gasteiger partial charge in [0.15, 0.2) is 0 Å². The number of halogens is 3. The SMILES string of the molecule is CN(C)c1nc(CC2CC(=O)N(c3ccccc3)C2)cc(C(F)(F)F)n1. The molecular formula is C18H19F3N4O. The van der Waals surface area contributed by atoms with E-state index in [1.807, 2.05) is 30.3 Å². The van der Waals surface area contributed by atoms with E-state index in [0.717, 1.165) is 11.8 Å². The second-order valence-corrected chi connectivity index (χ2v) is 6.55. The van der Waals surface area contributed by atoms with Crippen LogP contribution in [0.25, 0.3) is 0 Å². The second-order valence-electron chi connectivity index (χ2n) is 6.55. The third-order valence-corrected chi connectivity index (χ3v) is 4.23. The summed E-state index contributed by atoms with van der Waals surface area (Å²) in [6.07, 6.45) is -3.96. The molecule has 1 fully saturated rings. The zero-order valence-corrected chi connectivity index (χ0v) is 14.5. The molecule has 8 heteroatoms. The Labute approximate surface area is 149 Å². The molecular weight excluding hydrogens is 345 g/mol. The van der Waals surface area contributed by atoms with E-state index in [-0.39, 0.29) is 24.2 Å². The molecule has 1 unspecified atom stereocenters. The Bertz CT molecular complexity index is 793. The van der Waals surface area contributed by atoms with E-state index < -0.39 is 11.9 Å². The van der Waals surface area contributed by atoms with Crippen molar-refractivity contribution in [2.45, 2.75) is 19.0 Å². The largest absolute Gasteiger partial charge is 0.433 e. The van der Waals surface area contributed by atoms with E-state index >= 15 is 0 Å². The molecule has 0 radical (unpaired) electrons. The van der Waals surface area contributed by atoms with Crippen molar-refractivity contribution in [2.24, 2.45) is 5.92 Å². The van der Waals surface area contributed by atoms with Crippen LogP contribution in [0.4, 0.5) is 24.8 Å². The number of amides is 1. The molecule has 2 heterocycles. The van der Waals surface area contributed by atoms with Crippen molar-refractivity contribution in [2.75, 3.05) is 30.4 Å². The van der Waals surface area contributed by atoms with Gasteiger partial charge in [0.2, 0.25) is 11.9 Å². The van der Waals surface area contributed by atoms with Crippen LogP contribution in [0.5, 0.6) is 0 Å². The Morgan fingerprint density at radius 2 is 1.88 bits per heavy atom. The summed E-state index contributed by atoms with van der Waals surface area (Å²) in [6.45, 7) is 0.464. The zero-order valence-electron chi connectivity index (χ0n) is 14.5. The number of rotatable bonds is 4. The van der Waals surface area contributed by atoms with Gasteiger partial charge in [-0.3, -0.25) is 4.79 Å². The summed E-state index contributed by atoms with van der Waals surface area (Å²) >= 11 is 0. The summed E-state index contributed by atoms with van der Waals surface area (Å²) in [7, 11) is 3.19. The number of hydrogen-bond donors (Lipinski definition) is 0. The normalized spacial score (nSPS) is 17.7. The zero-order chi connectivity index (χ0) is 18.9. The van der Waals surface area contributed by atoms with Crippen LogP contribution in [0.3, 0.4) is 0 Å². The van der Waals surface area contributed by atoms with Gasteiger partial charge in [0.05, 0.1) is 0 Å². The molecule has 0 N–H and O–H groups in total. The third-order valence-electron chi connectivity index (χ3n) is 4.23. The smallest absolute Gasteiger partial charge is 0.347 e. The van der Waals surface area contributed by atoms with Crippen LogP contribution in [0.2, 0.25) is 0 Å². The van der Waals surface area contributed by atoms with Crippen molar-refractivity contribution in [1.29, 1.82) is 0 Å². The van der Waals surface area contributed by atoms with E-state index in [0.29, 0.717) is 18.7 Å². The quantitative estimate of drug-likeness (QED) is 0.836. The first-order valence-corrected chi connectivity index (χ1v) is 8.22. The molecule has 0 aliphatic carbocycles. The summed E-state index contributed by atoms with van der Waals surface area (Å²) in [4.78, 5) is 23.2. The Hall–Kier alpha value is -2.64. The molecule has 1 aliphatic heterocycles. The average Bonchev–Trinajstić information content (AvgIpc) is 2.95. The van der Waals surface area contributed by atoms with Crippen molar-refractivity contribution >= 4 is 17.5 Å². The van der Waals surface area contributed by atoms with Gasteiger partial charge in [-0.25, -0.2) is 9.97 Å². The standard InChI is InChI=1S/C18H19F3N4O/c1-24(2)17-22-13(10-15(23-17)18(19,20)21)8-12-9-16(26)25(11-12)14-6-4-3-5-7-14/h3-7,10,12H,8-9,11H2,1-2H3. The topological polar surface area (TPSA) is 49.3 Å². The Balaban J connectivity index is 1.81. The van der Waals surface area contributed by atoms with Gasteiger partial charge in [-0.05, 0) is 30.5 Å². The first-order valence-electron chi connectivity index (χ1n) is 8.22. The monoisotopic (exact) mass is 364 g/mol. The number of benzene rings is 1. The number of carbonyl (C=O) groups is 1. The fourth-order valence-electron chi connectivity index (χ4n) is 3.00. The molecule has 1 saturated heterocycles. The van der Waals surface area contributed by atoms with Gasteiger partial charge in [-0.15, -0.1) is 0 Å². The van der Waals surface area contributed by atoms with Crippen molar-refractivity contribution in [3.05, 3.63) is 47.8 Å². The first-order chi connectivity index (χ1) is 12.2. The molecule has 1 atom stereocenters. The molecule has 0 saturated carbocycles. The van der Waals surface area contributed by atoms with Gasteiger partial charge < -0.3 is 9.80 Å². The molecule has 1 aliphatic rings. The molecule has 2 aromatic rings. The number of para-hydroxylation sites is 1. The van der Waals surface area contributed by atoms with Crippen LogP contribution < -0.4 is 9.80 Å². The predicted octanol–water partition coefficient (Wildman–Crippen LogP) is 3.16. The molecule has 0 bridgehead atoms. The van der Waals surface area contributed by atoms with Crippen LogP contribution in [-0.2, 0) is 17.4 Å². The van der Waals surface area contributed by atoms with Crippen molar-refractivity contribution in [3.63, 3.8) is 0 Å². The van der Waals surface area contributed by atoms with Crippen molar-refractivity contribution in [3.8, 4) is 0 Å². The lowest BCUT2D eigenvalue weighted by Gasteiger charge is -2.18.